The molecule has 0 bridgehead atoms. The standard InChI is InChI=1S/C18H24ClN7/c1-23-6-8-25(9-7-23)17-4-5-20-18(22-17)26-12-10-24(11-13-26)16-3-2-15(19)14-21-16/h2-5,14H,6-13H2,1H3. The summed E-state index contributed by atoms with van der Waals surface area (Å²) in [6, 6.07) is 5.88. The zero-order valence-corrected chi connectivity index (χ0v) is 15.8. The van der Waals surface area contributed by atoms with Crippen LogP contribution < -0.4 is 14.7 Å². The predicted octanol–water partition coefficient (Wildman–Crippen LogP) is 1.60. The van der Waals surface area contributed by atoms with E-state index in [4.69, 9.17) is 16.6 Å². The fourth-order valence-corrected chi connectivity index (χ4v) is 3.51. The van der Waals surface area contributed by atoms with Gasteiger partial charge in [0, 0.05) is 64.8 Å². The van der Waals surface area contributed by atoms with Crippen molar-refractivity contribution in [2.24, 2.45) is 0 Å². The minimum Gasteiger partial charge on any atom is -0.354 e. The fraction of sp³-hybridized carbons (Fsp3) is 0.500. The highest BCUT2D eigenvalue weighted by Crippen LogP contribution is 2.20. The maximum Gasteiger partial charge on any atom is 0.227 e. The van der Waals surface area contributed by atoms with Crippen molar-refractivity contribution in [2.45, 2.75) is 0 Å². The van der Waals surface area contributed by atoms with Gasteiger partial charge in [-0.15, -0.1) is 0 Å². The molecule has 4 rings (SSSR count). The van der Waals surface area contributed by atoms with E-state index in [0.717, 1.165) is 69.9 Å². The molecule has 0 aromatic carbocycles. The summed E-state index contributed by atoms with van der Waals surface area (Å²) in [6.07, 6.45) is 3.58. The Morgan fingerprint density at radius 1 is 0.769 bits per heavy atom. The molecule has 0 aliphatic carbocycles. The van der Waals surface area contributed by atoms with Gasteiger partial charge in [-0.25, -0.2) is 9.97 Å². The van der Waals surface area contributed by atoms with Crippen LogP contribution in [-0.4, -0.2) is 79.3 Å². The smallest absolute Gasteiger partial charge is 0.227 e. The van der Waals surface area contributed by atoms with Crippen LogP contribution in [0.1, 0.15) is 0 Å². The zero-order valence-electron chi connectivity index (χ0n) is 15.1. The molecule has 2 saturated heterocycles. The molecule has 0 atom stereocenters. The van der Waals surface area contributed by atoms with Crippen molar-refractivity contribution in [3.8, 4) is 0 Å². The van der Waals surface area contributed by atoms with Crippen LogP contribution in [0, 0.1) is 0 Å². The van der Waals surface area contributed by atoms with Crippen LogP contribution >= 0.6 is 11.6 Å². The minimum atomic E-state index is 0.668. The van der Waals surface area contributed by atoms with Crippen molar-refractivity contribution in [3.05, 3.63) is 35.6 Å². The predicted molar refractivity (Wildman–Crippen MR) is 105 cm³/mol. The van der Waals surface area contributed by atoms with Crippen LogP contribution in [0.3, 0.4) is 0 Å². The van der Waals surface area contributed by atoms with E-state index in [9.17, 15) is 0 Å². The number of halogens is 1. The summed E-state index contributed by atoms with van der Waals surface area (Å²) in [5.74, 6) is 2.83. The molecule has 2 fully saturated rings. The second-order valence-corrected chi connectivity index (χ2v) is 7.25. The highest BCUT2D eigenvalue weighted by molar-refractivity contribution is 6.30. The number of rotatable bonds is 3. The second-order valence-electron chi connectivity index (χ2n) is 6.81. The third-order valence-electron chi connectivity index (χ3n) is 5.05. The normalized spacial score (nSPS) is 19.1. The molecule has 0 spiro atoms. The van der Waals surface area contributed by atoms with E-state index in [-0.39, 0.29) is 0 Å². The summed E-state index contributed by atoms with van der Waals surface area (Å²) < 4.78 is 0. The lowest BCUT2D eigenvalue weighted by molar-refractivity contribution is 0.312. The van der Waals surface area contributed by atoms with Crippen molar-refractivity contribution in [3.63, 3.8) is 0 Å². The van der Waals surface area contributed by atoms with Crippen LogP contribution in [0.4, 0.5) is 17.6 Å². The first kappa shape index (κ1) is 17.3. The number of nitrogens with zero attached hydrogens (tertiary/aromatic N) is 7. The number of likely N-dealkylation sites (N-methyl/N-ethyl adjacent to an activating group) is 1. The Balaban J connectivity index is 1.40. The van der Waals surface area contributed by atoms with Gasteiger partial charge in [0.1, 0.15) is 11.6 Å². The van der Waals surface area contributed by atoms with Gasteiger partial charge >= 0.3 is 0 Å². The first-order valence-corrected chi connectivity index (χ1v) is 9.45. The number of pyridine rings is 1. The summed E-state index contributed by atoms with van der Waals surface area (Å²) in [5, 5.41) is 0.668. The summed E-state index contributed by atoms with van der Waals surface area (Å²) in [7, 11) is 2.16. The Hall–Kier alpha value is -2.12. The molecule has 0 amide bonds. The molecule has 0 radical (unpaired) electrons. The number of piperazine rings is 2. The zero-order chi connectivity index (χ0) is 17.9. The number of hydrogen-bond acceptors (Lipinski definition) is 7. The molecule has 2 aromatic heterocycles. The SMILES string of the molecule is CN1CCN(c2ccnc(N3CCN(c4ccc(Cl)cn4)CC3)n2)CC1. The molecule has 2 aliphatic rings. The van der Waals surface area contributed by atoms with Gasteiger partial charge in [0.15, 0.2) is 0 Å². The van der Waals surface area contributed by atoms with Crippen LogP contribution in [0.25, 0.3) is 0 Å². The average molecular weight is 374 g/mol. The Morgan fingerprint density at radius 3 is 2.12 bits per heavy atom. The molecular weight excluding hydrogens is 350 g/mol. The highest BCUT2D eigenvalue weighted by Gasteiger charge is 2.21. The molecule has 0 N–H and O–H groups in total. The minimum absolute atomic E-state index is 0.668. The van der Waals surface area contributed by atoms with E-state index in [1.807, 2.05) is 24.4 Å². The molecule has 26 heavy (non-hydrogen) atoms. The van der Waals surface area contributed by atoms with Crippen molar-refractivity contribution >= 4 is 29.2 Å². The summed E-state index contributed by atoms with van der Waals surface area (Å²) in [5.41, 5.74) is 0. The molecular formula is C18H24ClN7. The van der Waals surface area contributed by atoms with Crippen LogP contribution in [-0.2, 0) is 0 Å². The number of hydrogen-bond donors (Lipinski definition) is 0. The molecule has 2 aliphatic heterocycles. The maximum absolute atomic E-state index is 5.93. The fourth-order valence-electron chi connectivity index (χ4n) is 3.39. The van der Waals surface area contributed by atoms with Gasteiger partial charge in [-0.2, -0.15) is 4.98 Å². The van der Waals surface area contributed by atoms with Gasteiger partial charge in [0.25, 0.3) is 0 Å². The van der Waals surface area contributed by atoms with Crippen molar-refractivity contribution in [1.29, 1.82) is 0 Å². The molecule has 7 nitrogen and oxygen atoms in total. The van der Waals surface area contributed by atoms with Gasteiger partial charge in [0.05, 0.1) is 5.02 Å². The first-order chi connectivity index (χ1) is 12.7. The van der Waals surface area contributed by atoms with Gasteiger partial charge in [0.2, 0.25) is 5.95 Å². The molecule has 4 heterocycles. The van der Waals surface area contributed by atoms with Crippen molar-refractivity contribution in [1.82, 2.24) is 19.9 Å². The van der Waals surface area contributed by atoms with Crippen LogP contribution in [0.2, 0.25) is 5.02 Å². The van der Waals surface area contributed by atoms with Gasteiger partial charge in [-0.1, -0.05) is 11.6 Å². The lowest BCUT2D eigenvalue weighted by atomic mass is 10.3. The quantitative estimate of drug-likeness (QED) is 0.810. The van der Waals surface area contributed by atoms with Gasteiger partial charge in [-0.3, -0.25) is 0 Å². The Kier molecular flexibility index (Phi) is 5.08. The summed E-state index contributed by atoms with van der Waals surface area (Å²) >= 11 is 5.93. The van der Waals surface area contributed by atoms with E-state index in [1.165, 1.54) is 0 Å². The molecule has 2 aromatic rings. The van der Waals surface area contributed by atoms with Gasteiger partial charge < -0.3 is 19.6 Å². The van der Waals surface area contributed by atoms with Gasteiger partial charge in [-0.05, 0) is 25.2 Å². The third kappa shape index (κ3) is 3.83. The van der Waals surface area contributed by atoms with E-state index in [2.05, 4.69) is 36.6 Å². The first-order valence-electron chi connectivity index (χ1n) is 9.07. The van der Waals surface area contributed by atoms with Crippen molar-refractivity contribution in [2.75, 3.05) is 74.1 Å². The van der Waals surface area contributed by atoms with Crippen LogP contribution in [0.15, 0.2) is 30.6 Å². The molecule has 8 heteroatoms. The Morgan fingerprint density at radius 2 is 1.42 bits per heavy atom. The largest absolute Gasteiger partial charge is 0.354 e. The topological polar surface area (TPSA) is 51.6 Å². The Bertz CT molecular complexity index is 723. The lowest BCUT2D eigenvalue weighted by Crippen LogP contribution is -2.48. The average Bonchev–Trinajstić information content (AvgIpc) is 2.69. The van der Waals surface area contributed by atoms with Crippen LogP contribution in [0.5, 0.6) is 0 Å². The third-order valence-corrected chi connectivity index (χ3v) is 5.28. The molecule has 0 saturated carbocycles. The van der Waals surface area contributed by atoms with Crippen molar-refractivity contribution < 1.29 is 0 Å². The second kappa shape index (κ2) is 7.63. The highest BCUT2D eigenvalue weighted by atomic mass is 35.5. The summed E-state index contributed by atoms with van der Waals surface area (Å²) in [6.45, 7) is 7.75. The number of aromatic nitrogens is 3. The lowest BCUT2D eigenvalue weighted by Gasteiger charge is -2.36. The summed E-state index contributed by atoms with van der Waals surface area (Å²) in [4.78, 5) is 23.0. The maximum atomic E-state index is 5.93. The monoisotopic (exact) mass is 373 g/mol. The van der Waals surface area contributed by atoms with E-state index < -0.39 is 0 Å². The van der Waals surface area contributed by atoms with E-state index >= 15 is 0 Å². The van der Waals surface area contributed by atoms with E-state index in [0.29, 0.717) is 5.02 Å². The molecule has 0 unspecified atom stereocenters. The van der Waals surface area contributed by atoms with E-state index in [1.54, 1.807) is 6.20 Å². The number of anilines is 3. The Labute approximate surface area is 159 Å². The molecule has 138 valence electrons.